The van der Waals surface area contributed by atoms with Crippen LogP contribution in [-0.2, 0) is 24.3 Å². The number of ether oxygens (including phenoxy) is 1. The zero-order chi connectivity index (χ0) is 21.0. The van der Waals surface area contributed by atoms with Crippen molar-refractivity contribution in [1.29, 1.82) is 0 Å². The van der Waals surface area contributed by atoms with Crippen LogP contribution in [0.4, 0.5) is 5.13 Å². The lowest BCUT2D eigenvalue weighted by Gasteiger charge is -2.25. The molecule has 156 valence electrons. The van der Waals surface area contributed by atoms with Gasteiger partial charge in [-0.25, -0.2) is 4.98 Å². The van der Waals surface area contributed by atoms with E-state index in [1.807, 2.05) is 42.5 Å². The van der Waals surface area contributed by atoms with Crippen LogP contribution in [0.3, 0.4) is 0 Å². The molecule has 0 fully saturated rings. The molecule has 0 aliphatic carbocycles. The number of fused-ring (bicyclic) bond motifs is 2. The lowest BCUT2D eigenvalue weighted by atomic mass is 10.1. The van der Waals surface area contributed by atoms with Gasteiger partial charge in [-0.1, -0.05) is 60.7 Å². The van der Waals surface area contributed by atoms with Gasteiger partial charge in [-0.05, 0) is 28.5 Å². The largest absolute Gasteiger partial charge is 0.484 e. The molecule has 1 amide bonds. The number of aromatic nitrogens is 1. The van der Waals surface area contributed by atoms with Crippen molar-refractivity contribution >= 4 is 33.1 Å². The summed E-state index contributed by atoms with van der Waals surface area (Å²) in [5.74, 6) is 0.490. The Morgan fingerprint density at radius 1 is 1.03 bits per heavy atom. The maximum atomic E-state index is 12.4. The number of benzene rings is 3. The first kappa shape index (κ1) is 19.7. The number of nitrogens with zero attached hydrogens (tertiary/aromatic N) is 2. The molecule has 1 aromatic heterocycles. The van der Waals surface area contributed by atoms with E-state index in [0.29, 0.717) is 10.9 Å². The summed E-state index contributed by atoms with van der Waals surface area (Å²) in [6, 6.07) is 24.4. The summed E-state index contributed by atoms with van der Waals surface area (Å²) >= 11 is 1.56. The quantitative estimate of drug-likeness (QED) is 0.475. The number of hydrogen-bond acceptors (Lipinski definition) is 5. The molecule has 0 radical (unpaired) electrons. The van der Waals surface area contributed by atoms with Gasteiger partial charge in [0.25, 0.3) is 5.91 Å². The number of amides is 1. The monoisotopic (exact) mass is 429 g/mol. The van der Waals surface area contributed by atoms with Gasteiger partial charge < -0.3 is 4.74 Å². The van der Waals surface area contributed by atoms with E-state index in [0.717, 1.165) is 42.5 Å². The van der Waals surface area contributed by atoms with E-state index in [1.165, 1.54) is 10.4 Å². The van der Waals surface area contributed by atoms with Crippen molar-refractivity contribution in [2.75, 3.05) is 18.5 Å². The molecule has 1 N–H and O–H groups in total. The maximum absolute atomic E-state index is 12.4. The molecule has 0 bridgehead atoms. The standard InChI is InChI=1S/C25H23N3O2S/c29-24(17-30-21-11-10-19-8-4-5-9-20(19)14-21)27-25-26-22-12-13-28(16-23(22)31-25)15-18-6-2-1-3-7-18/h1-11,14H,12-13,15-17H2,(H,26,27,29). The third-order valence-electron chi connectivity index (χ3n) is 5.40. The van der Waals surface area contributed by atoms with E-state index in [4.69, 9.17) is 4.74 Å². The fourth-order valence-electron chi connectivity index (χ4n) is 3.84. The highest BCUT2D eigenvalue weighted by atomic mass is 32.1. The average molecular weight is 430 g/mol. The van der Waals surface area contributed by atoms with Crippen molar-refractivity contribution in [3.8, 4) is 5.75 Å². The van der Waals surface area contributed by atoms with Crippen LogP contribution < -0.4 is 10.1 Å². The van der Waals surface area contributed by atoms with Crippen molar-refractivity contribution in [2.45, 2.75) is 19.5 Å². The van der Waals surface area contributed by atoms with Crippen LogP contribution in [-0.4, -0.2) is 28.9 Å². The molecular formula is C25H23N3O2S. The van der Waals surface area contributed by atoms with Crippen LogP contribution in [0.25, 0.3) is 10.8 Å². The van der Waals surface area contributed by atoms with Gasteiger partial charge in [0.2, 0.25) is 0 Å². The zero-order valence-corrected chi connectivity index (χ0v) is 17.9. The minimum atomic E-state index is -0.194. The molecule has 4 aromatic rings. The Balaban J connectivity index is 1.17. The normalized spacial score (nSPS) is 13.7. The van der Waals surface area contributed by atoms with Crippen LogP contribution in [0.2, 0.25) is 0 Å². The van der Waals surface area contributed by atoms with Gasteiger partial charge in [0.1, 0.15) is 5.75 Å². The first-order chi connectivity index (χ1) is 15.2. The lowest BCUT2D eigenvalue weighted by molar-refractivity contribution is -0.118. The second kappa shape index (κ2) is 8.88. The maximum Gasteiger partial charge on any atom is 0.264 e. The Kier molecular flexibility index (Phi) is 5.65. The summed E-state index contributed by atoms with van der Waals surface area (Å²) in [5.41, 5.74) is 2.41. The lowest BCUT2D eigenvalue weighted by Crippen LogP contribution is -2.29. The molecule has 1 aliphatic heterocycles. The van der Waals surface area contributed by atoms with Crippen molar-refractivity contribution in [3.05, 3.63) is 88.9 Å². The number of hydrogen-bond donors (Lipinski definition) is 1. The van der Waals surface area contributed by atoms with Crippen molar-refractivity contribution < 1.29 is 9.53 Å². The molecule has 6 heteroatoms. The van der Waals surface area contributed by atoms with Gasteiger partial charge in [0, 0.05) is 30.9 Å². The van der Waals surface area contributed by atoms with Gasteiger partial charge in [-0.15, -0.1) is 11.3 Å². The molecule has 2 heterocycles. The predicted molar refractivity (Wildman–Crippen MR) is 124 cm³/mol. The molecule has 0 atom stereocenters. The number of thiazole rings is 1. The molecule has 5 rings (SSSR count). The number of carbonyl (C=O) groups is 1. The van der Waals surface area contributed by atoms with Gasteiger partial charge in [-0.3, -0.25) is 15.0 Å². The third kappa shape index (κ3) is 4.76. The molecule has 0 saturated carbocycles. The number of anilines is 1. The summed E-state index contributed by atoms with van der Waals surface area (Å²) < 4.78 is 5.69. The Labute approximate surface area is 185 Å². The Hall–Kier alpha value is -3.22. The van der Waals surface area contributed by atoms with E-state index < -0.39 is 0 Å². The first-order valence-corrected chi connectivity index (χ1v) is 11.2. The zero-order valence-electron chi connectivity index (χ0n) is 17.1. The van der Waals surface area contributed by atoms with E-state index in [9.17, 15) is 4.79 Å². The topological polar surface area (TPSA) is 54.5 Å². The minimum Gasteiger partial charge on any atom is -0.484 e. The number of carbonyl (C=O) groups excluding carboxylic acids is 1. The Morgan fingerprint density at radius 3 is 2.71 bits per heavy atom. The summed E-state index contributed by atoms with van der Waals surface area (Å²) in [7, 11) is 0. The molecular weight excluding hydrogens is 406 g/mol. The fourth-order valence-corrected chi connectivity index (χ4v) is 4.91. The molecule has 0 spiro atoms. The van der Waals surface area contributed by atoms with Crippen molar-refractivity contribution in [2.24, 2.45) is 0 Å². The van der Waals surface area contributed by atoms with Crippen LogP contribution in [0, 0.1) is 0 Å². The highest BCUT2D eigenvalue weighted by molar-refractivity contribution is 7.15. The summed E-state index contributed by atoms with van der Waals surface area (Å²) in [5, 5.41) is 5.79. The molecule has 31 heavy (non-hydrogen) atoms. The molecule has 3 aromatic carbocycles. The van der Waals surface area contributed by atoms with Gasteiger partial charge in [0.05, 0.1) is 5.69 Å². The van der Waals surface area contributed by atoms with Crippen molar-refractivity contribution in [3.63, 3.8) is 0 Å². The SMILES string of the molecule is O=C(COc1ccc2ccccc2c1)Nc1nc2c(s1)CN(Cc1ccccc1)CC2. The third-order valence-corrected chi connectivity index (χ3v) is 6.39. The molecule has 0 saturated heterocycles. The summed E-state index contributed by atoms with van der Waals surface area (Å²) in [4.78, 5) is 20.7. The average Bonchev–Trinajstić information content (AvgIpc) is 3.19. The van der Waals surface area contributed by atoms with E-state index in [-0.39, 0.29) is 12.5 Å². The number of rotatable bonds is 6. The summed E-state index contributed by atoms with van der Waals surface area (Å²) in [6.45, 7) is 2.73. The van der Waals surface area contributed by atoms with Crippen LogP contribution in [0.1, 0.15) is 16.1 Å². The van der Waals surface area contributed by atoms with Gasteiger partial charge in [0.15, 0.2) is 11.7 Å². The Bertz CT molecular complexity index is 1210. The highest BCUT2D eigenvalue weighted by Crippen LogP contribution is 2.29. The molecule has 0 unspecified atom stereocenters. The molecule has 5 nitrogen and oxygen atoms in total. The smallest absolute Gasteiger partial charge is 0.264 e. The van der Waals surface area contributed by atoms with E-state index in [1.54, 1.807) is 11.3 Å². The molecule has 1 aliphatic rings. The van der Waals surface area contributed by atoms with E-state index >= 15 is 0 Å². The van der Waals surface area contributed by atoms with Crippen LogP contribution in [0.15, 0.2) is 72.8 Å². The summed E-state index contributed by atoms with van der Waals surface area (Å²) in [6.07, 6.45) is 0.905. The van der Waals surface area contributed by atoms with Crippen LogP contribution >= 0.6 is 11.3 Å². The van der Waals surface area contributed by atoms with Gasteiger partial charge in [-0.2, -0.15) is 0 Å². The van der Waals surface area contributed by atoms with E-state index in [2.05, 4.69) is 45.5 Å². The van der Waals surface area contributed by atoms with Crippen molar-refractivity contribution in [1.82, 2.24) is 9.88 Å². The minimum absolute atomic E-state index is 0.0390. The van der Waals surface area contributed by atoms with Crippen LogP contribution in [0.5, 0.6) is 5.75 Å². The predicted octanol–water partition coefficient (Wildman–Crippen LogP) is 4.87. The van der Waals surface area contributed by atoms with Gasteiger partial charge >= 0.3 is 0 Å². The number of nitrogens with one attached hydrogen (secondary N) is 1. The first-order valence-electron chi connectivity index (χ1n) is 10.4. The highest BCUT2D eigenvalue weighted by Gasteiger charge is 2.21. The second-order valence-electron chi connectivity index (χ2n) is 7.68. The second-order valence-corrected chi connectivity index (χ2v) is 8.76. The Morgan fingerprint density at radius 2 is 1.84 bits per heavy atom. The fraction of sp³-hybridized carbons (Fsp3) is 0.200.